The number of carbonyl (C=O) groups is 1. The van der Waals surface area contributed by atoms with Crippen LogP contribution >= 0.6 is 0 Å². The van der Waals surface area contributed by atoms with E-state index < -0.39 is 17.8 Å². The van der Waals surface area contributed by atoms with Crippen molar-refractivity contribution >= 4 is 17.4 Å². The molecule has 0 aromatic heterocycles. The lowest BCUT2D eigenvalue weighted by molar-refractivity contribution is -0.136. The molecule has 2 amide bonds. The molecule has 2 N–H and O–H groups in total. The van der Waals surface area contributed by atoms with Crippen LogP contribution in [0.2, 0.25) is 0 Å². The summed E-state index contributed by atoms with van der Waals surface area (Å²) < 4.78 is 39.3. The molecule has 3 nitrogen and oxygen atoms in total. The van der Waals surface area contributed by atoms with Crippen molar-refractivity contribution in [1.82, 2.24) is 0 Å². The van der Waals surface area contributed by atoms with Crippen molar-refractivity contribution in [3.8, 4) is 11.1 Å². The molecule has 0 bridgehead atoms. The number of nitrogens with one attached hydrogen (secondary N) is 2. The maximum absolute atomic E-state index is 13.1. The van der Waals surface area contributed by atoms with E-state index >= 15 is 0 Å². The van der Waals surface area contributed by atoms with Gasteiger partial charge in [0.1, 0.15) is 0 Å². The van der Waals surface area contributed by atoms with E-state index in [1.165, 1.54) is 29.3 Å². The average molecular weight is 409 g/mol. The highest BCUT2D eigenvalue weighted by Crippen LogP contribution is 2.34. The lowest BCUT2D eigenvalue weighted by Gasteiger charge is -2.17. The standard InChI is InChI=1S/C24H20F3N2O/c25-24(26,27)21-10-3-4-11-22(21)29-23(30)28-20-9-5-8-18(15-20)19-13-12-16-6-1-2-7-17(16)14-19/h1,3-5,8-15H,2,6-7H2,(H2,28,29,30). The van der Waals surface area contributed by atoms with Crippen LogP contribution in [0.3, 0.4) is 0 Å². The summed E-state index contributed by atoms with van der Waals surface area (Å²) in [5.41, 5.74) is 3.96. The Morgan fingerprint density at radius 2 is 1.63 bits per heavy atom. The first kappa shape index (κ1) is 20.0. The van der Waals surface area contributed by atoms with Crippen LogP contribution in [0.25, 0.3) is 11.1 Å². The minimum Gasteiger partial charge on any atom is -0.308 e. The lowest BCUT2D eigenvalue weighted by atomic mass is 9.89. The van der Waals surface area contributed by atoms with Crippen molar-refractivity contribution in [1.29, 1.82) is 0 Å². The first-order chi connectivity index (χ1) is 14.4. The minimum atomic E-state index is -4.55. The second-order valence-electron chi connectivity index (χ2n) is 7.22. The number of hydrogen-bond acceptors (Lipinski definition) is 1. The van der Waals surface area contributed by atoms with E-state index in [1.807, 2.05) is 18.2 Å². The van der Waals surface area contributed by atoms with Gasteiger partial charge in [-0.1, -0.05) is 42.5 Å². The Morgan fingerprint density at radius 1 is 0.833 bits per heavy atom. The number of rotatable bonds is 3. The zero-order valence-corrected chi connectivity index (χ0v) is 16.1. The Labute approximate surface area is 172 Å². The number of para-hydroxylation sites is 1. The second-order valence-corrected chi connectivity index (χ2v) is 7.22. The third-order valence-electron chi connectivity index (χ3n) is 5.12. The Kier molecular flexibility index (Phi) is 5.48. The summed E-state index contributed by atoms with van der Waals surface area (Å²) in [4.78, 5) is 12.3. The van der Waals surface area contributed by atoms with Crippen LogP contribution in [0.5, 0.6) is 0 Å². The SMILES string of the molecule is O=C(Nc1cccc(-c2ccc3c(c2)CC[CH]C3)c1)Nc1ccccc1C(F)(F)F. The molecule has 153 valence electrons. The number of hydrogen-bond donors (Lipinski definition) is 2. The van der Waals surface area contributed by atoms with Crippen molar-refractivity contribution in [2.45, 2.75) is 25.4 Å². The van der Waals surface area contributed by atoms with Crippen molar-refractivity contribution in [2.24, 2.45) is 0 Å². The molecule has 0 saturated carbocycles. The van der Waals surface area contributed by atoms with Crippen LogP contribution in [0.1, 0.15) is 23.1 Å². The maximum Gasteiger partial charge on any atom is 0.418 e. The van der Waals surface area contributed by atoms with Gasteiger partial charge in [-0.3, -0.25) is 0 Å². The molecule has 0 spiro atoms. The summed E-state index contributed by atoms with van der Waals surface area (Å²) in [5, 5.41) is 4.91. The number of halogens is 3. The van der Waals surface area contributed by atoms with E-state index in [4.69, 9.17) is 0 Å². The number of urea groups is 1. The summed E-state index contributed by atoms with van der Waals surface area (Å²) in [6.07, 6.45) is 0.798. The van der Waals surface area contributed by atoms with Crippen LogP contribution < -0.4 is 10.6 Å². The summed E-state index contributed by atoms with van der Waals surface area (Å²) in [5.74, 6) is 0. The first-order valence-electron chi connectivity index (χ1n) is 9.68. The number of amides is 2. The lowest BCUT2D eigenvalue weighted by Crippen LogP contribution is -2.21. The number of anilines is 2. The predicted molar refractivity (Wildman–Crippen MR) is 112 cm³/mol. The molecule has 0 saturated heterocycles. The minimum absolute atomic E-state index is 0.287. The van der Waals surface area contributed by atoms with E-state index in [9.17, 15) is 18.0 Å². The van der Waals surface area contributed by atoms with E-state index in [1.54, 1.807) is 6.07 Å². The fourth-order valence-corrected chi connectivity index (χ4v) is 3.65. The number of alkyl halides is 3. The molecule has 1 aliphatic rings. The van der Waals surface area contributed by atoms with Gasteiger partial charge in [-0.25, -0.2) is 4.79 Å². The summed E-state index contributed by atoms with van der Waals surface area (Å²) in [6, 6.07) is 17.8. The van der Waals surface area contributed by atoms with Gasteiger partial charge in [0, 0.05) is 5.69 Å². The third kappa shape index (κ3) is 4.48. The number of aryl methyl sites for hydroxylation is 1. The Hall–Kier alpha value is -3.28. The van der Waals surface area contributed by atoms with Gasteiger partial charge in [0.2, 0.25) is 0 Å². The quantitative estimate of drug-likeness (QED) is 0.496. The fraction of sp³-hybridized carbons (Fsp3) is 0.167. The monoisotopic (exact) mass is 409 g/mol. The van der Waals surface area contributed by atoms with Gasteiger partial charge < -0.3 is 10.6 Å². The topological polar surface area (TPSA) is 41.1 Å². The van der Waals surface area contributed by atoms with Gasteiger partial charge >= 0.3 is 12.2 Å². The van der Waals surface area contributed by atoms with Crippen molar-refractivity contribution < 1.29 is 18.0 Å². The van der Waals surface area contributed by atoms with Gasteiger partial charge in [0.05, 0.1) is 11.3 Å². The molecule has 0 atom stereocenters. The highest BCUT2D eigenvalue weighted by atomic mass is 19.4. The fourth-order valence-electron chi connectivity index (χ4n) is 3.65. The average Bonchev–Trinajstić information content (AvgIpc) is 2.73. The Bertz CT molecular complexity index is 1080. The van der Waals surface area contributed by atoms with Crippen LogP contribution in [0.15, 0.2) is 66.7 Å². The molecule has 0 heterocycles. The molecule has 0 aliphatic heterocycles. The summed E-state index contributed by atoms with van der Waals surface area (Å²) >= 11 is 0. The molecular formula is C24H20F3N2O. The van der Waals surface area contributed by atoms with Gasteiger partial charge in [-0.15, -0.1) is 0 Å². The van der Waals surface area contributed by atoms with Crippen LogP contribution in [0, 0.1) is 6.42 Å². The van der Waals surface area contributed by atoms with Gasteiger partial charge in [-0.05, 0) is 72.2 Å². The molecule has 6 heteroatoms. The largest absolute Gasteiger partial charge is 0.418 e. The Balaban J connectivity index is 1.51. The van der Waals surface area contributed by atoms with E-state index in [2.05, 4.69) is 35.3 Å². The van der Waals surface area contributed by atoms with Crippen molar-refractivity contribution in [3.63, 3.8) is 0 Å². The van der Waals surface area contributed by atoms with Gasteiger partial charge in [0.25, 0.3) is 0 Å². The maximum atomic E-state index is 13.1. The van der Waals surface area contributed by atoms with Gasteiger partial charge in [-0.2, -0.15) is 13.2 Å². The molecule has 1 aliphatic carbocycles. The van der Waals surface area contributed by atoms with Gasteiger partial charge in [0.15, 0.2) is 0 Å². The van der Waals surface area contributed by atoms with E-state index in [0.29, 0.717) is 5.69 Å². The molecule has 3 aromatic rings. The third-order valence-corrected chi connectivity index (χ3v) is 5.12. The van der Waals surface area contributed by atoms with E-state index in [0.717, 1.165) is 36.5 Å². The smallest absolute Gasteiger partial charge is 0.308 e. The molecule has 0 fully saturated rings. The zero-order chi connectivity index (χ0) is 21.1. The van der Waals surface area contributed by atoms with Crippen LogP contribution in [-0.4, -0.2) is 6.03 Å². The number of carbonyl (C=O) groups excluding carboxylic acids is 1. The molecule has 3 aromatic carbocycles. The Morgan fingerprint density at radius 3 is 2.47 bits per heavy atom. The molecule has 30 heavy (non-hydrogen) atoms. The predicted octanol–water partition coefficient (Wildman–Crippen LogP) is 6.71. The normalized spacial score (nSPS) is 13.4. The zero-order valence-electron chi connectivity index (χ0n) is 16.1. The first-order valence-corrected chi connectivity index (χ1v) is 9.68. The summed E-state index contributed by atoms with van der Waals surface area (Å²) in [7, 11) is 0. The summed E-state index contributed by atoms with van der Waals surface area (Å²) in [6.45, 7) is 0. The number of fused-ring (bicyclic) bond motifs is 1. The van der Waals surface area contributed by atoms with Crippen molar-refractivity contribution in [3.05, 3.63) is 89.8 Å². The molecular weight excluding hydrogens is 389 g/mol. The number of benzene rings is 3. The van der Waals surface area contributed by atoms with Crippen LogP contribution in [-0.2, 0) is 19.0 Å². The molecule has 0 unspecified atom stereocenters. The van der Waals surface area contributed by atoms with Crippen molar-refractivity contribution in [2.75, 3.05) is 10.6 Å². The van der Waals surface area contributed by atoms with E-state index in [-0.39, 0.29) is 5.69 Å². The van der Waals surface area contributed by atoms with Crippen LogP contribution in [0.4, 0.5) is 29.3 Å². The highest BCUT2D eigenvalue weighted by Gasteiger charge is 2.33. The molecule has 1 radical (unpaired) electrons. The highest BCUT2D eigenvalue weighted by molar-refractivity contribution is 6.00. The second kappa shape index (κ2) is 8.22. The molecule has 4 rings (SSSR count).